The van der Waals surface area contributed by atoms with Crippen LogP contribution in [0, 0.1) is 0 Å². The molecule has 294 valence electrons. The molecule has 0 saturated heterocycles. The van der Waals surface area contributed by atoms with Crippen molar-refractivity contribution in [3.8, 4) is 0 Å². The molecule has 0 aromatic heterocycles. The zero-order valence-electron chi connectivity index (χ0n) is 32.0. The maximum atomic E-state index is 13.9. The van der Waals surface area contributed by atoms with Crippen LogP contribution in [0.3, 0.4) is 0 Å². The van der Waals surface area contributed by atoms with E-state index in [1.54, 1.807) is 26.2 Å². The number of hydrogen-bond donors (Lipinski definition) is 2. The molecule has 0 unspecified atom stereocenters. The third-order valence-corrected chi connectivity index (χ3v) is 17.3. The van der Waals surface area contributed by atoms with Crippen LogP contribution < -0.4 is 26.8 Å². The van der Waals surface area contributed by atoms with Crippen molar-refractivity contribution in [3.05, 3.63) is 156 Å². The van der Waals surface area contributed by atoms with E-state index in [0.29, 0.717) is 50.0 Å². The number of halogens is 1. The van der Waals surface area contributed by atoms with Crippen LogP contribution in [0.5, 0.6) is 0 Å². The van der Waals surface area contributed by atoms with Gasteiger partial charge in [-0.1, -0.05) is 48.6 Å². The average Bonchev–Trinajstić information content (AvgIpc) is 3.85. The average molecular weight is 851 g/mol. The van der Waals surface area contributed by atoms with Gasteiger partial charge in [0.05, 0.1) is 19.8 Å². The second kappa shape index (κ2) is 20.8. The van der Waals surface area contributed by atoms with Crippen molar-refractivity contribution in [3.63, 3.8) is 0 Å². The molecule has 0 spiro atoms. The molecule has 5 aromatic rings. The zero-order valence-corrected chi connectivity index (χ0v) is 34.5. The summed E-state index contributed by atoms with van der Waals surface area (Å²) in [5.74, 6) is -0.186. The quantitative estimate of drug-likeness (QED) is 0.0553. The van der Waals surface area contributed by atoms with E-state index in [4.69, 9.17) is 18.8 Å². The van der Waals surface area contributed by atoms with Crippen molar-refractivity contribution in [2.45, 2.75) is 33.0 Å². The van der Waals surface area contributed by atoms with Crippen LogP contribution >= 0.6 is 22.5 Å². The molecular formula is C44H46B2BrO9P. The number of esters is 1. The van der Waals surface area contributed by atoms with Crippen LogP contribution in [0.4, 0.5) is 0 Å². The third kappa shape index (κ3) is 9.29. The molecule has 0 radical (unpaired) electrons. The summed E-state index contributed by atoms with van der Waals surface area (Å²) >= 11 is 3.48. The molecule has 0 fully saturated rings. The Morgan fingerprint density at radius 1 is 0.737 bits per heavy atom. The van der Waals surface area contributed by atoms with Crippen molar-refractivity contribution in [2.24, 2.45) is 0 Å². The van der Waals surface area contributed by atoms with E-state index in [0.717, 1.165) is 44.4 Å². The number of benzene rings is 5. The van der Waals surface area contributed by atoms with E-state index in [1.165, 1.54) is 0 Å². The second-order valence-electron chi connectivity index (χ2n) is 13.3. The van der Waals surface area contributed by atoms with Crippen LogP contribution in [0.1, 0.15) is 46.8 Å². The first-order chi connectivity index (χ1) is 27.7. The van der Waals surface area contributed by atoms with Crippen LogP contribution in [-0.4, -0.2) is 67.5 Å². The van der Waals surface area contributed by atoms with Crippen LogP contribution in [0.15, 0.2) is 133 Å². The maximum absolute atomic E-state index is 13.9. The molecule has 2 heterocycles. The predicted octanol–water partition coefficient (Wildman–Crippen LogP) is 5.02. The summed E-state index contributed by atoms with van der Waals surface area (Å²) in [6.45, 7) is -0.460. The van der Waals surface area contributed by atoms with Gasteiger partial charge in [-0.2, -0.15) is 0 Å². The molecule has 5 aromatic carbocycles. The Kier molecular flexibility index (Phi) is 15.9. The molecule has 0 atom stereocenters. The summed E-state index contributed by atoms with van der Waals surface area (Å²) in [4.78, 5) is 35.6. The van der Waals surface area contributed by atoms with Gasteiger partial charge in [-0.3, -0.25) is 9.59 Å². The van der Waals surface area contributed by atoms with E-state index >= 15 is 0 Å². The summed E-state index contributed by atoms with van der Waals surface area (Å²) < 4.78 is 20.8. The molecule has 9 nitrogen and oxygen atoms in total. The van der Waals surface area contributed by atoms with Crippen molar-refractivity contribution >= 4 is 87.5 Å². The van der Waals surface area contributed by atoms with Gasteiger partial charge in [-0.05, 0) is 41.0 Å². The van der Waals surface area contributed by atoms with Crippen molar-refractivity contribution < 1.29 is 43.2 Å². The van der Waals surface area contributed by atoms with Crippen LogP contribution in [0.25, 0.3) is 6.08 Å². The SMILES string of the molecule is CCOC(=O)CC/C=C/c1cccc2c1B(O)OC2.COCP(C(=O)CBr)(c1ccccc1)(c1ccccc1)c1ccccc1.O=Cc1cccc2c1B(O)OC2. The Morgan fingerprint density at radius 2 is 1.21 bits per heavy atom. The number of aldehydes is 1. The normalized spacial score (nSPS) is 13.6. The molecule has 57 heavy (non-hydrogen) atoms. The van der Waals surface area contributed by atoms with Gasteiger partial charge in [0.2, 0.25) is 0 Å². The van der Waals surface area contributed by atoms with Crippen LogP contribution in [-0.2, 0) is 41.6 Å². The summed E-state index contributed by atoms with van der Waals surface area (Å²) in [6.07, 6.45) is 5.90. The molecule has 13 heteroatoms. The van der Waals surface area contributed by atoms with E-state index in [9.17, 15) is 24.4 Å². The van der Waals surface area contributed by atoms with Gasteiger partial charge in [-0.15, -0.1) is 0 Å². The number of allylic oxidation sites excluding steroid dienone is 1. The number of ether oxygens (including phenoxy) is 2. The Hall–Kier alpha value is -4.51. The van der Waals surface area contributed by atoms with Gasteiger partial charge in [0.15, 0.2) is 0 Å². The van der Waals surface area contributed by atoms with E-state index in [2.05, 4.69) is 52.3 Å². The van der Waals surface area contributed by atoms with Gasteiger partial charge >= 0.3 is 183 Å². The van der Waals surface area contributed by atoms with E-state index in [-0.39, 0.29) is 16.8 Å². The minimum Gasteiger partial charge on any atom is -0.423 e. The number of carbonyl (C=O) groups is 3. The van der Waals surface area contributed by atoms with Crippen molar-refractivity contribution in [1.29, 1.82) is 0 Å². The Balaban J connectivity index is 0.000000175. The molecule has 2 N–H and O–H groups in total. The fraction of sp³-hybridized carbons (Fsp3) is 0.205. The Labute approximate surface area is 343 Å². The number of methoxy groups -OCH3 is 1. The topological polar surface area (TPSA) is 129 Å². The monoisotopic (exact) mass is 850 g/mol. The second-order valence-corrected chi connectivity index (χ2v) is 18.8. The number of carbonyl (C=O) groups excluding carboxylic acids is 3. The van der Waals surface area contributed by atoms with Crippen molar-refractivity contribution in [1.82, 2.24) is 0 Å². The number of alkyl halides is 1. The van der Waals surface area contributed by atoms with Gasteiger partial charge in [-0.25, -0.2) is 0 Å². The summed E-state index contributed by atoms with van der Waals surface area (Å²) in [7, 11) is -0.0973. The number of hydrogen-bond acceptors (Lipinski definition) is 9. The summed E-state index contributed by atoms with van der Waals surface area (Å²) in [5.41, 5.74) is 4.97. The van der Waals surface area contributed by atoms with Gasteiger partial charge < -0.3 is 24.1 Å². The van der Waals surface area contributed by atoms with Gasteiger partial charge in [0.25, 0.3) is 0 Å². The van der Waals surface area contributed by atoms with Gasteiger partial charge in [0.1, 0.15) is 6.29 Å². The number of rotatable bonds is 13. The molecule has 0 bridgehead atoms. The smallest absolute Gasteiger partial charge is 0.423 e. The Bertz CT molecular complexity index is 2040. The predicted molar refractivity (Wildman–Crippen MR) is 234 cm³/mol. The first-order valence-electron chi connectivity index (χ1n) is 18.6. The molecule has 7 rings (SSSR count). The maximum Gasteiger partial charge on any atom is 0.492 e. The van der Waals surface area contributed by atoms with Gasteiger partial charge in [0, 0.05) is 12.0 Å². The third-order valence-electron chi connectivity index (χ3n) is 10.0. The molecule has 0 amide bonds. The summed E-state index contributed by atoms with van der Waals surface area (Å²) in [6, 6.07) is 41.5. The molecule has 0 saturated carbocycles. The molecule has 0 aliphatic carbocycles. The molecule has 2 aliphatic rings. The Morgan fingerprint density at radius 3 is 1.65 bits per heavy atom. The number of fused-ring (bicyclic) bond motifs is 2. The summed E-state index contributed by atoms with van der Waals surface area (Å²) in [5, 5.41) is 22.4. The standard InChI is InChI=1S/C22H22BrO2P.C14H17BO4.C8H7BO3/c1-25-18-26(22(24)17-23,19-11-5-2-6-12-19,20-13-7-3-8-14-20)21-15-9-4-10-16-21;1-2-18-13(16)9-4-3-6-11-7-5-8-12-10-19-15(17)14(11)12;10-4-6-2-1-3-7-5-12-9(11)8(6)7/h2-16H,17-18H2,1H3;3,5-8,17H,2,4,9-10H2,1H3;1-4,11H,5H2/b;6-3+;. The fourth-order valence-electron chi connectivity index (χ4n) is 7.35. The van der Waals surface area contributed by atoms with Crippen molar-refractivity contribution in [2.75, 3.05) is 25.4 Å². The first-order valence-corrected chi connectivity index (χ1v) is 22.2. The largest absolute Gasteiger partial charge is 0.492 e. The van der Waals surface area contributed by atoms with E-state index < -0.39 is 20.8 Å². The molecular weight excluding hydrogens is 805 g/mol. The molecule has 2 aliphatic heterocycles. The minimum absolute atomic E-state index is 0.168. The zero-order chi connectivity index (χ0) is 40.7. The van der Waals surface area contributed by atoms with E-state index in [1.807, 2.05) is 91.0 Å². The fourth-order valence-corrected chi connectivity index (χ4v) is 14.6. The minimum atomic E-state index is -3.50. The van der Waals surface area contributed by atoms with Crippen LogP contribution in [0.2, 0.25) is 0 Å². The first kappa shape index (κ1) is 43.6.